The SMILES string of the molecule is C.Cc1ccc(/C(=C\CN2CCCC2)c2cccc(C)n2)cc1. The Morgan fingerprint density at radius 3 is 2.39 bits per heavy atom. The van der Waals surface area contributed by atoms with Crippen molar-refractivity contribution in [3.63, 3.8) is 0 Å². The van der Waals surface area contributed by atoms with Crippen molar-refractivity contribution in [2.24, 2.45) is 0 Å². The molecule has 0 spiro atoms. The van der Waals surface area contributed by atoms with Crippen molar-refractivity contribution in [3.8, 4) is 0 Å². The Balaban J connectivity index is 0.00000192. The maximum Gasteiger partial charge on any atom is 0.0708 e. The summed E-state index contributed by atoms with van der Waals surface area (Å²) in [5, 5.41) is 0. The Kier molecular flexibility index (Phi) is 6.12. The summed E-state index contributed by atoms with van der Waals surface area (Å²) in [6.07, 6.45) is 5.00. The van der Waals surface area contributed by atoms with E-state index in [4.69, 9.17) is 4.98 Å². The summed E-state index contributed by atoms with van der Waals surface area (Å²) in [5.41, 5.74) is 5.93. The van der Waals surface area contributed by atoms with Gasteiger partial charge in [-0.3, -0.25) is 9.88 Å². The molecule has 1 aliphatic heterocycles. The average molecular weight is 308 g/mol. The van der Waals surface area contributed by atoms with Gasteiger partial charge in [0.2, 0.25) is 0 Å². The Bertz CT molecular complexity index is 650. The fourth-order valence-electron chi connectivity index (χ4n) is 2.98. The second-order valence-corrected chi connectivity index (χ2v) is 6.16. The van der Waals surface area contributed by atoms with Gasteiger partial charge in [-0.25, -0.2) is 0 Å². The van der Waals surface area contributed by atoms with Crippen molar-refractivity contribution in [2.75, 3.05) is 19.6 Å². The van der Waals surface area contributed by atoms with Crippen LogP contribution in [0.2, 0.25) is 0 Å². The topological polar surface area (TPSA) is 16.1 Å². The van der Waals surface area contributed by atoms with Gasteiger partial charge in [0.05, 0.1) is 5.69 Å². The van der Waals surface area contributed by atoms with Crippen molar-refractivity contribution in [1.82, 2.24) is 9.88 Å². The van der Waals surface area contributed by atoms with Crippen LogP contribution in [0.1, 0.15) is 42.8 Å². The molecule has 2 aromatic rings. The van der Waals surface area contributed by atoms with Crippen molar-refractivity contribution >= 4 is 5.57 Å². The first kappa shape index (κ1) is 17.4. The van der Waals surface area contributed by atoms with Crippen molar-refractivity contribution in [2.45, 2.75) is 34.1 Å². The minimum atomic E-state index is 0. The van der Waals surface area contributed by atoms with Crippen LogP contribution < -0.4 is 0 Å². The monoisotopic (exact) mass is 308 g/mol. The van der Waals surface area contributed by atoms with Crippen LogP contribution >= 0.6 is 0 Å². The molecule has 2 nitrogen and oxygen atoms in total. The largest absolute Gasteiger partial charge is 0.300 e. The maximum absolute atomic E-state index is 4.73. The molecule has 1 aromatic heterocycles. The second-order valence-electron chi connectivity index (χ2n) is 6.16. The first-order valence-electron chi connectivity index (χ1n) is 8.16. The molecule has 1 aromatic carbocycles. The quantitative estimate of drug-likeness (QED) is 0.801. The molecule has 23 heavy (non-hydrogen) atoms. The van der Waals surface area contributed by atoms with Gasteiger partial charge < -0.3 is 0 Å². The maximum atomic E-state index is 4.73. The molecule has 0 aliphatic carbocycles. The minimum Gasteiger partial charge on any atom is -0.300 e. The summed E-state index contributed by atoms with van der Waals surface area (Å²) in [7, 11) is 0. The number of hydrogen-bond donors (Lipinski definition) is 0. The number of nitrogens with zero attached hydrogens (tertiary/aromatic N) is 2. The Morgan fingerprint density at radius 1 is 1.04 bits per heavy atom. The van der Waals surface area contributed by atoms with Gasteiger partial charge in [-0.2, -0.15) is 0 Å². The van der Waals surface area contributed by atoms with Crippen LogP contribution in [0.25, 0.3) is 5.57 Å². The van der Waals surface area contributed by atoms with Crippen LogP contribution in [-0.4, -0.2) is 29.5 Å². The fourth-order valence-corrected chi connectivity index (χ4v) is 2.98. The molecule has 3 rings (SSSR count). The van der Waals surface area contributed by atoms with Crippen molar-refractivity contribution in [3.05, 3.63) is 71.1 Å². The van der Waals surface area contributed by atoms with E-state index in [-0.39, 0.29) is 7.43 Å². The zero-order chi connectivity index (χ0) is 15.4. The number of hydrogen-bond acceptors (Lipinski definition) is 2. The van der Waals surface area contributed by atoms with E-state index in [2.05, 4.69) is 67.3 Å². The van der Waals surface area contributed by atoms with E-state index in [1.165, 1.54) is 42.6 Å². The van der Waals surface area contributed by atoms with Crippen LogP contribution in [0.4, 0.5) is 0 Å². The van der Waals surface area contributed by atoms with E-state index in [0.29, 0.717) is 0 Å². The van der Waals surface area contributed by atoms with E-state index in [9.17, 15) is 0 Å². The number of rotatable bonds is 4. The fraction of sp³-hybridized carbons (Fsp3) is 0.381. The summed E-state index contributed by atoms with van der Waals surface area (Å²) in [4.78, 5) is 7.25. The third-order valence-electron chi connectivity index (χ3n) is 4.28. The lowest BCUT2D eigenvalue weighted by molar-refractivity contribution is 0.377. The molecule has 1 saturated heterocycles. The highest BCUT2D eigenvalue weighted by atomic mass is 15.1. The molecule has 0 bridgehead atoms. The molecule has 0 atom stereocenters. The van der Waals surface area contributed by atoms with Crippen LogP contribution in [-0.2, 0) is 0 Å². The predicted octanol–water partition coefficient (Wildman–Crippen LogP) is 4.86. The smallest absolute Gasteiger partial charge is 0.0708 e. The van der Waals surface area contributed by atoms with Crippen LogP contribution in [0.15, 0.2) is 48.5 Å². The van der Waals surface area contributed by atoms with E-state index in [1.54, 1.807) is 0 Å². The summed E-state index contributed by atoms with van der Waals surface area (Å²) in [6.45, 7) is 7.63. The number of aromatic nitrogens is 1. The van der Waals surface area contributed by atoms with E-state index in [1.807, 2.05) is 0 Å². The molecule has 2 heterocycles. The van der Waals surface area contributed by atoms with E-state index >= 15 is 0 Å². The molecule has 122 valence electrons. The van der Waals surface area contributed by atoms with E-state index in [0.717, 1.165) is 17.9 Å². The Labute approximate surface area is 140 Å². The molecule has 1 aliphatic rings. The Morgan fingerprint density at radius 2 is 1.74 bits per heavy atom. The summed E-state index contributed by atoms with van der Waals surface area (Å²) >= 11 is 0. The zero-order valence-corrected chi connectivity index (χ0v) is 13.5. The number of likely N-dealkylation sites (tertiary alicyclic amines) is 1. The van der Waals surface area contributed by atoms with Gasteiger partial charge in [0.1, 0.15) is 0 Å². The van der Waals surface area contributed by atoms with Gasteiger partial charge >= 0.3 is 0 Å². The summed E-state index contributed by atoms with van der Waals surface area (Å²) in [6, 6.07) is 15.0. The third-order valence-corrected chi connectivity index (χ3v) is 4.28. The standard InChI is InChI=1S/C20H24N2.CH4/c1-16-8-10-18(11-9-16)19(12-15-22-13-3-4-14-22)20-7-5-6-17(2)21-20;/h5-12H,3-4,13-15H2,1-2H3;1H4/b19-12+;. The molecule has 0 N–H and O–H groups in total. The molecule has 2 heteroatoms. The highest BCUT2D eigenvalue weighted by molar-refractivity contribution is 5.78. The van der Waals surface area contributed by atoms with Gasteiger partial charge in [-0.05, 0) is 57.5 Å². The summed E-state index contributed by atoms with van der Waals surface area (Å²) in [5.74, 6) is 0. The third kappa shape index (κ3) is 4.52. The van der Waals surface area contributed by atoms with E-state index < -0.39 is 0 Å². The molecule has 0 saturated carbocycles. The highest BCUT2D eigenvalue weighted by Gasteiger charge is 2.12. The lowest BCUT2D eigenvalue weighted by Gasteiger charge is -2.14. The van der Waals surface area contributed by atoms with Crippen molar-refractivity contribution < 1.29 is 0 Å². The zero-order valence-electron chi connectivity index (χ0n) is 13.5. The number of pyridine rings is 1. The molecular formula is C21H28N2. The van der Waals surface area contributed by atoms with Gasteiger partial charge in [-0.15, -0.1) is 0 Å². The molecule has 0 amide bonds. The van der Waals surface area contributed by atoms with Crippen LogP contribution in [0.3, 0.4) is 0 Å². The normalized spacial score (nSPS) is 15.5. The minimum absolute atomic E-state index is 0. The molecule has 0 unspecified atom stereocenters. The second kappa shape index (κ2) is 8.07. The molecular weight excluding hydrogens is 280 g/mol. The van der Waals surface area contributed by atoms with Gasteiger partial charge in [0.15, 0.2) is 0 Å². The van der Waals surface area contributed by atoms with Gasteiger partial charge in [0, 0.05) is 17.8 Å². The summed E-state index contributed by atoms with van der Waals surface area (Å²) < 4.78 is 0. The van der Waals surface area contributed by atoms with Gasteiger partial charge in [0.25, 0.3) is 0 Å². The lowest BCUT2D eigenvalue weighted by Crippen LogP contribution is -2.19. The van der Waals surface area contributed by atoms with Crippen LogP contribution in [0, 0.1) is 13.8 Å². The average Bonchev–Trinajstić information content (AvgIpc) is 3.03. The van der Waals surface area contributed by atoms with Gasteiger partial charge in [-0.1, -0.05) is 49.4 Å². The number of benzene rings is 1. The predicted molar refractivity (Wildman–Crippen MR) is 99.6 cm³/mol. The first-order valence-corrected chi connectivity index (χ1v) is 8.16. The Hall–Kier alpha value is -1.93. The van der Waals surface area contributed by atoms with Crippen molar-refractivity contribution in [1.29, 1.82) is 0 Å². The van der Waals surface area contributed by atoms with Crippen LogP contribution in [0.5, 0.6) is 0 Å². The highest BCUT2D eigenvalue weighted by Crippen LogP contribution is 2.23. The lowest BCUT2D eigenvalue weighted by atomic mass is 10.00. The first-order chi connectivity index (χ1) is 10.7. The molecule has 0 radical (unpaired) electrons. The molecule has 1 fully saturated rings. The number of aryl methyl sites for hydroxylation is 2.